The molecule has 0 spiro atoms. The van der Waals surface area contributed by atoms with E-state index in [0.717, 1.165) is 10.9 Å². The van der Waals surface area contributed by atoms with Gasteiger partial charge in [0, 0.05) is 36.0 Å². The largest absolute Gasteiger partial charge is 0.341 e. The van der Waals surface area contributed by atoms with Gasteiger partial charge in [0.15, 0.2) is 0 Å². The topological polar surface area (TPSA) is 57.7 Å². The van der Waals surface area contributed by atoms with Gasteiger partial charge in [0.25, 0.3) is 11.8 Å². The van der Waals surface area contributed by atoms with Gasteiger partial charge in [0.05, 0.1) is 0 Å². The minimum absolute atomic E-state index is 0.211. The number of hydrogen-bond acceptors (Lipinski definition) is 3. The van der Waals surface area contributed by atoms with Crippen LogP contribution in [0.2, 0.25) is 0 Å². The second kappa shape index (κ2) is 8.11. The summed E-state index contributed by atoms with van der Waals surface area (Å²) < 4.78 is 0. The number of benzene rings is 3. The summed E-state index contributed by atoms with van der Waals surface area (Å²) in [5.74, 6) is -1.03. The summed E-state index contributed by atoms with van der Waals surface area (Å²) in [6.45, 7) is 4.83. The summed E-state index contributed by atoms with van der Waals surface area (Å²) in [5, 5.41) is 1.51. The van der Waals surface area contributed by atoms with E-state index in [-0.39, 0.29) is 12.3 Å². The number of nitrogens with zero attached hydrogens (tertiary/aromatic N) is 2. The molecule has 30 heavy (non-hydrogen) atoms. The Balaban J connectivity index is 1.83. The first-order valence-corrected chi connectivity index (χ1v) is 10.3. The van der Waals surface area contributed by atoms with E-state index in [1.54, 1.807) is 17.0 Å². The molecule has 152 valence electrons. The summed E-state index contributed by atoms with van der Waals surface area (Å²) in [7, 11) is 0. The van der Waals surface area contributed by atoms with E-state index in [0.29, 0.717) is 29.6 Å². The normalized spacial score (nSPS) is 14.1. The van der Waals surface area contributed by atoms with Crippen LogP contribution in [-0.4, -0.2) is 46.7 Å². The highest BCUT2D eigenvalue weighted by Crippen LogP contribution is 2.32. The molecule has 1 atom stereocenters. The number of carbonyl (C=O) groups excluding carboxylic acids is 3. The molecule has 3 aromatic carbocycles. The molecule has 0 unspecified atom stereocenters. The number of carbonyl (C=O) groups is 3. The molecule has 5 heteroatoms. The Morgan fingerprint density at radius 3 is 1.93 bits per heavy atom. The Labute approximate surface area is 175 Å². The van der Waals surface area contributed by atoms with E-state index in [1.165, 1.54) is 4.90 Å². The third kappa shape index (κ3) is 3.26. The van der Waals surface area contributed by atoms with Gasteiger partial charge < -0.3 is 4.90 Å². The SMILES string of the molecule is CCN(CC)C(=O)[C@H](Cc1ccccc1)N1C(=O)c2cccc3cccc(c23)C1=O. The number of imide groups is 1. The Hall–Kier alpha value is -3.47. The zero-order valence-corrected chi connectivity index (χ0v) is 17.2. The van der Waals surface area contributed by atoms with E-state index in [9.17, 15) is 14.4 Å². The van der Waals surface area contributed by atoms with Crippen LogP contribution in [0, 0.1) is 0 Å². The van der Waals surface area contributed by atoms with Crippen molar-refractivity contribution in [1.29, 1.82) is 0 Å². The van der Waals surface area contributed by atoms with Crippen molar-refractivity contribution in [2.24, 2.45) is 0 Å². The molecule has 5 nitrogen and oxygen atoms in total. The second-order valence-corrected chi connectivity index (χ2v) is 7.41. The molecular formula is C25H24N2O3. The lowest BCUT2D eigenvalue weighted by molar-refractivity contribution is -0.135. The maximum absolute atomic E-state index is 13.5. The smallest absolute Gasteiger partial charge is 0.262 e. The third-order valence-electron chi connectivity index (χ3n) is 5.75. The van der Waals surface area contributed by atoms with E-state index in [1.807, 2.05) is 68.4 Å². The van der Waals surface area contributed by atoms with Crippen LogP contribution in [0.15, 0.2) is 66.7 Å². The molecule has 0 radical (unpaired) electrons. The molecule has 0 N–H and O–H groups in total. The number of likely N-dealkylation sites (N-methyl/N-ethyl adjacent to an activating group) is 1. The number of rotatable bonds is 6. The molecule has 0 fully saturated rings. The molecule has 4 rings (SSSR count). The molecule has 0 saturated carbocycles. The Morgan fingerprint density at radius 1 is 0.833 bits per heavy atom. The Kier molecular flexibility index (Phi) is 5.36. The molecule has 0 aromatic heterocycles. The summed E-state index contributed by atoms with van der Waals surface area (Å²) in [6.07, 6.45) is 0.284. The fourth-order valence-corrected chi connectivity index (χ4v) is 4.20. The first-order valence-electron chi connectivity index (χ1n) is 10.3. The first-order chi connectivity index (χ1) is 14.6. The van der Waals surface area contributed by atoms with Crippen LogP contribution in [0.3, 0.4) is 0 Å². The predicted octanol–water partition coefficient (Wildman–Crippen LogP) is 3.92. The van der Waals surface area contributed by atoms with E-state index in [2.05, 4.69) is 0 Å². The van der Waals surface area contributed by atoms with Crippen molar-refractivity contribution in [3.8, 4) is 0 Å². The molecule has 0 aliphatic carbocycles. The van der Waals surface area contributed by atoms with Crippen LogP contribution in [0.5, 0.6) is 0 Å². The fraction of sp³-hybridized carbons (Fsp3) is 0.240. The standard InChI is InChI=1S/C25H24N2O3/c1-3-26(4-2)25(30)21(16-17-10-6-5-7-11-17)27-23(28)19-14-8-12-18-13-9-15-20(22(18)19)24(27)29/h5-15,21H,3-4,16H2,1-2H3/t21-/m0/s1. The molecule has 1 aliphatic rings. The lowest BCUT2D eigenvalue weighted by Gasteiger charge is -2.35. The highest BCUT2D eigenvalue weighted by Gasteiger charge is 2.41. The third-order valence-corrected chi connectivity index (χ3v) is 5.75. The summed E-state index contributed by atoms with van der Waals surface area (Å²) in [5.41, 5.74) is 1.84. The predicted molar refractivity (Wildman–Crippen MR) is 116 cm³/mol. The minimum Gasteiger partial charge on any atom is -0.341 e. The average molecular weight is 400 g/mol. The van der Waals surface area contributed by atoms with Gasteiger partial charge >= 0.3 is 0 Å². The van der Waals surface area contributed by atoms with Crippen LogP contribution < -0.4 is 0 Å². The van der Waals surface area contributed by atoms with Gasteiger partial charge in [-0.2, -0.15) is 0 Å². The summed E-state index contributed by atoms with van der Waals surface area (Å²) in [4.78, 5) is 43.2. The average Bonchev–Trinajstić information content (AvgIpc) is 2.78. The van der Waals surface area contributed by atoms with Gasteiger partial charge in [0.1, 0.15) is 6.04 Å². The maximum atomic E-state index is 13.5. The lowest BCUT2D eigenvalue weighted by Crippen LogP contribution is -2.55. The summed E-state index contributed by atoms with van der Waals surface area (Å²) in [6, 6.07) is 19.5. The van der Waals surface area contributed by atoms with Gasteiger partial charge in [-0.1, -0.05) is 54.6 Å². The van der Waals surface area contributed by atoms with Gasteiger partial charge in [-0.25, -0.2) is 0 Å². The zero-order chi connectivity index (χ0) is 21.3. The van der Waals surface area contributed by atoms with E-state index >= 15 is 0 Å². The van der Waals surface area contributed by atoms with Crippen molar-refractivity contribution in [2.75, 3.05) is 13.1 Å². The Morgan fingerprint density at radius 2 is 1.40 bits per heavy atom. The van der Waals surface area contributed by atoms with Crippen LogP contribution >= 0.6 is 0 Å². The molecule has 0 bridgehead atoms. The maximum Gasteiger partial charge on any atom is 0.262 e. The molecule has 3 amide bonds. The highest BCUT2D eigenvalue weighted by atomic mass is 16.2. The molecular weight excluding hydrogens is 376 g/mol. The van der Waals surface area contributed by atoms with Crippen molar-refractivity contribution in [1.82, 2.24) is 9.80 Å². The van der Waals surface area contributed by atoms with Crippen LogP contribution in [0.4, 0.5) is 0 Å². The van der Waals surface area contributed by atoms with Crippen molar-refractivity contribution in [2.45, 2.75) is 26.3 Å². The van der Waals surface area contributed by atoms with Gasteiger partial charge in [-0.05, 0) is 36.9 Å². The lowest BCUT2D eigenvalue weighted by atomic mass is 9.91. The Bertz CT molecular complexity index is 1070. The van der Waals surface area contributed by atoms with Crippen molar-refractivity contribution >= 4 is 28.5 Å². The molecule has 0 saturated heterocycles. The second-order valence-electron chi connectivity index (χ2n) is 7.41. The van der Waals surface area contributed by atoms with Gasteiger partial charge in [-0.15, -0.1) is 0 Å². The first kappa shape index (κ1) is 19.8. The quantitative estimate of drug-likeness (QED) is 0.590. The monoisotopic (exact) mass is 400 g/mol. The molecule has 1 heterocycles. The van der Waals surface area contributed by atoms with Crippen molar-refractivity contribution in [3.63, 3.8) is 0 Å². The van der Waals surface area contributed by atoms with Crippen molar-refractivity contribution < 1.29 is 14.4 Å². The van der Waals surface area contributed by atoms with E-state index in [4.69, 9.17) is 0 Å². The van der Waals surface area contributed by atoms with Crippen LogP contribution in [-0.2, 0) is 11.2 Å². The highest BCUT2D eigenvalue weighted by molar-refractivity contribution is 6.26. The van der Waals surface area contributed by atoms with Gasteiger partial charge in [-0.3, -0.25) is 19.3 Å². The minimum atomic E-state index is -0.893. The van der Waals surface area contributed by atoms with Crippen LogP contribution in [0.1, 0.15) is 40.1 Å². The van der Waals surface area contributed by atoms with Crippen molar-refractivity contribution in [3.05, 3.63) is 83.4 Å². The number of hydrogen-bond donors (Lipinski definition) is 0. The van der Waals surface area contributed by atoms with Crippen LogP contribution in [0.25, 0.3) is 10.8 Å². The summed E-state index contributed by atoms with van der Waals surface area (Å²) >= 11 is 0. The van der Waals surface area contributed by atoms with E-state index < -0.39 is 17.9 Å². The fourth-order valence-electron chi connectivity index (χ4n) is 4.20. The molecule has 1 aliphatic heterocycles. The zero-order valence-electron chi connectivity index (χ0n) is 17.2. The molecule has 3 aromatic rings. The number of amides is 3. The van der Waals surface area contributed by atoms with Gasteiger partial charge in [0.2, 0.25) is 5.91 Å².